The van der Waals surface area contributed by atoms with E-state index in [0.29, 0.717) is 30.4 Å². The van der Waals surface area contributed by atoms with Crippen molar-refractivity contribution in [3.63, 3.8) is 0 Å². The normalized spacial score (nSPS) is 13.9. The molecule has 0 aromatic heterocycles. The van der Waals surface area contributed by atoms with E-state index in [-0.39, 0.29) is 22.5 Å². The van der Waals surface area contributed by atoms with Crippen molar-refractivity contribution >= 4 is 43.2 Å². The maximum absolute atomic E-state index is 14.3. The minimum absolute atomic E-state index is 0.0147. The molecular formula is C22H22BrFN2O4S. The zero-order valence-electron chi connectivity index (χ0n) is 17.1. The summed E-state index contributed by atoms with van der Waals surface area (Å²) in [6.07, 6.45) is 1.30. The van der Waals surface area contributed by atoms with Gasteiger partial charge in [-0.3, -0.25) is 14.3 Å². The van der Waals surface area contributed by atoms with E-state index in [0.717, 1.165) is 6.07 Å². The predicted molar refractivity (Wildman–Crippen MR) is 121 cm³/mol. The van der Waals surface area contributed by atoms with Gasteiger partial charge in [0.2, 0.25) is 11.6 Å². The highest BCUT2D eigenvalue weighted by molar-refractivity contribution is 9.10. The summed E-state index contributed by atoms with van der Waals surface area (Å²) < 4.78 is 43.6. The molecule has 164 valence electrons. The van der Waals surface area contributed by atoms with Gasteiger partial charge in [0, 0.05) is 28.7 Å². The van der Waals surface area contributed by atoms with Crippen molar-refractivity contribution in [3.05, 3.63) is 74.5 Å². The Morgan fingerprint density at radius 2 is 1.55 bits per heavy atom. The maximum atomic E-state index is 14.3. The Labute approximate surface area is 189 Å². The molecule has 0 amide bonds. The molecule has 6 nitrogen and oxygen atoms in total. The number of allylic oxidation sites excluding steroid dienone is 2. The number of carbonyl (C=O) groups is 2. The van der Waals surface area contributed by atoms with E-state index in [4.69, 9.17) is 0 Å². The van der Waals surface area contributed by atoms with E-state index in [1.165, 1.54) is 24.3 Å². The Balaban J connectivity index is 2.22. The fourth-order valence-electron chi connectivity index (χ4n) is 3.52. The smallest absolute Gasteiger partial charge is 0.268 e. The van der Waals surface area contributed by atoms with Crippen LogP contribution in [-0.4, -0.2) is 38.0 Å². The lowest BCUT2D eigenvalue weighted by molar-refractivity contribution is 0.0946. The maximum Gasteiger partial charge on any atom is 0.268 e. The first-order valence-corrected chi connectivity index (χ1v) is 12.1. The monoisotopic (exact) mass is 508 g/mol. The van der Waals surface area contributed by atoms with Crippen LogP contribution in [0.2, 0.25) is 0 Å². The van der Waals surface area contributed by atoms with Gasteiger partial charge in [0.25, 0.3) is 10.0 Å². The summed E-state index contributed by atoms with van der Waals surface area (Å²) in [5.41, 5.74) is -0.307. The van der Waals surface area contributed by atoms with Crippen LogP contribution in [0.4, 0.5) is 10.1 Å². The molecule has 0 radical (unpaired) electrons. The van der Waals surface area contributed by atoms with Crippen molar-refractivity contribution in [3.8, 4) is 0 Å². The number of anilines is 1. The first-order chi connectivity index (χ1) is 14.7. The molecular weight excluding hydrogens is 487 g/mol. The number of rotatable bonds is 8. The molecule has 0 fully saturated rings. The third kappa shape index (κ3) is 4.57. The fraction of sp³-hybridized carbons (Fsp3) is 0.273. The van der Waals surface area contributed by atoms with Gasteiger partial charge in [-0.1, -0.05) is 54.0 Å². The zero-order chi connectivity index (χ0) is 22.8. The number of ketones is 2. The quantitative estimate of drug-likeness (QED) is 0.556. The Hall–Kier alpha value is -2.52. The summed E-state index contributed by atoms with van der Waals surface area (Å²) in [6.45, 7) is 4.60. The van der Waals surface area contributed by atoms with Gasteiger partial charge in [-0.05, 0) is 31.0 Å². The molecule has 1 N–H and O–H groups in total. The summed E-state index contributed by atoms with van der Waals surface area (Å²) in [5, 5.41) is 0. The molecule has 0 aliphatic heterocycles. The van der Waals surface area contributed by atoms with Crippen molar-refractivity contribution in [2.24, 2.45) is 0 Å². The average Bonchev–Trinajstić information content (AvgIpc) is 2.72. The number of nitrogens with one attached hydrogen (secondary N) is 1. The molecule has 0 heterocycles. The number of hydrogen-bond donors (Lipinski definition) is 1. The topological polar surface area (TPSA) is 83.6 Å². The largest absolute Gasteiger partial charge is 0.367 e. The average molecular weight is 509 g/mol. The number of carbonyl (C=O) groups excluding carboxylic acids is 2. The highest BCUT2D eigenvalue weighted by atomic mass is 79.9. The number of nitrogens with zero attached hydrogens (tertiary/aromatic N) is 1. The van der Waals surface area contributed by atoms with Gasteiger partial charge < -0.3 is 4.90 Å². The molecule has 9 heteroatoms. The van der Waals surface area contributed by atoms with Crippen LogP contribution in [0.3, 0.4) is 0 Å². The van der Waals surface area contributed by atoms with Crippen molar-refractivity contribution < 1.29 is 22.4 Å². The molecule has 31 heavy (non-hydrogen) atoms. The summed E-state index contributed by atoms with van der Waals surface area (Å²) >= 11 is 3.12. The molecule has 0 saturated carbocycles. The van der Waals surface area contributed by atoms with E-state index in [9.17, 15) is 22.4 Å². The Morgan fingerprint density at radius 1 is 0.968 bits per heavy atom. The molecule has 1 aliphatic carbocycles. The van der Waals surface area contributed by atoms with Gasteiger partial charge >= 0.3 is 0 Å². The van der Waals surface area contributed by atoms with Crippen LogP contribution in [0.25, 0.3) is 0 Å². The van der Waals surface area contributed by atoms with E-state index in [1.807, 2.05) is 13.8 Å². The van der Waals surface area contributed by atoms with Gasteiger partial charge in [-0.25, -0.2) is 12.8 Å². The Kier molecular flexibility index (Phi) is 6.96. The van der Waals surface area contributed by atoms with Crippen molar-refractivity contribution in [2.45, 2.75) is 26.7 Å². The molecule has 0 spiro atoms. The number of sulfonamides is 1. The summed E-state index contributed by atoms with van der Waals surface area (Å²) in [4.78, 5) is 27.6. The zero-order valence-corrected chi connectivity index (χ0v) is 19.5. The molecule has 0 saturated heterocycles. The number of hydrogen-bond acceptors (Lipinski definition) is 5. The van der Waals surface area contributed by atoms with E-state index < -0.39 is 32.3 Å². The molecule has 1 aliphatic rings. The van der Waals surface area contributed by atoms with Crippen LogP contribution in [-0.2, 0) is 10.0 Å². The predicted octanol–water partition coefficient (Wildman–Crippen LogP) is 4.74. The lowest BCUT2D eigenvalue weighted by Crippen LogP contribution is -2.38. The van der Waals surface area contributed by atoms with Gasteiger partial charge in [0.1, 0.15) is 11.5 Å². The lowest BCUT2D eigenvalue weighted by Gasteiger charge is -2.31. The second kappa shape index (κ2) is 9.32. The molecule has 2 aromatic rings. The van der Waals surface area contributed by atoms with Crippen LogP contribution < -0.4 is 4.72 Å². The molecule has 0 unspecified atom stereocenters. The minimum Gasteiger partial charge on any atom is -0.367 e. The summed E-state index contributed by atoms with van der Waals surface area (Å²) in [6, 6.07) is 9.95. The van der Waals surface area contributed by atoms with E-state index in [1.54, 1.807) is 17.0 Å². The highest BCUT2D eigenvalue weighted by Gasteiger charge is 2.41. The lowest BCUT2D eigenvalue weighted by atomic mass is 9.91. The van der Waals surface area contributed by atoms with Gasteiger partial charge in [0.15, 0.2) is 4.91 Å². The van der Waals surface area contributed by atoms with Crippen LogP contribution in [0.15, 0.2) is 57.5 Å². The fourth-order valence-corrected chi connectivity index (χ4v) is 5.24. The van der Waals surface area contributed by atoms with Crippen LogP contribution >= 0.6 is 15.9 Å². The second-order valence-corrected chi connectivity index (χ2v) is 9.63. The number of benzene rings is 2. The van der Waals surface area contributed by atoms with Gasteiger partial charge in [-0.15, -0.1) is 0 Å². The van der Waals surface area contributed by atoms with Crippen LogP contribution in [0.1, 0.15) is 47.4 Å². The Bertz CT molecular complexity index is 1170. The molecule has 2 aromatic carbocycles. The number of Topliss-reactive ketones (excluding diaryl/α,β-unsaturated/α-hetero) is 2. The van der Waals surface area contributed by atoms with Gasteiger partial charge in [0.05, 0.1) is 5.69 Å². The number of fused-ring (bicyclic) bond motifs is 1. The van der Waals surface area contributed by atoms with Crippen molar-refractivity contribution in [1.29, 1.82) is 0 Å². The van der Waals surface area contributed by atoms with Crippen molar-refractivity contribution in [2.75, 3.05) is 17.8 Å². The molecule has 0 atom stereocenters. The van der Waals surface area contributed by atoms with Crippen LogP contribution in [0.5, 0.6) is 0 Å². The van der Waals surface area contributed by atoms with Crippen molar-refractivity contribution in [1.82, 2.24) is 4.90 Å². The first-order valence-electron chi connectivity index (χ1n) is 9.86. The van der Waals surface area contributed by atoms with Crippen LogP contribution in [0, 0.1) is 5.82 Å². The second-order valence-electron chi connectivity index (χ2n) is 7.10. The summed E-state index contributed by atoms with van der Waals surface area (Å²) in [7, 11) is -4.57. The third-order valence-electron chi connectivity index (χ3n) is 4.80. The summed E-state index contributed by atoms with van der Waals surface area (Å²) in [5.74, 6) is -2.13. The standard InChI is InChI=1S/C22H22BrFN2O4S/c1-3-11-26(12-4-2)19-20(27)15-7-5-6-8-16(15)21(28)22(19)31(29,30)25-18-10-9-14(23)13-17(18)24/h5-10,13,25H,3-4,11-12H2,1-2H3. The van der Waals surface area contributed by atoms with E-state index in [2.05, 4.69) is 20.7 Å². The highest BCUT2D eigenvalue weighted by Crippen LogP contribution is 2.33. The minimum atomic E-state index is -4.57. The SMILES string of the molecule is CCCN(CCC)C1=C(S(=O)(=O)Nc2ccc(Br)cc2F)C(=O)c2ccccc2C1=O. The van der Waals surface area contributed by atoms with Gasteiger partial charge in [-0.2, -0.15) is 0 Å². The Morgan fingerprint density at radius 3 is 2.10 bits per heavy atom. The number of halogens is 2. The molecule has 0 bridgehead atoms. The third-order valence-corrected chi connectivity index (χ3v) is 6.70. The van der Waals surface area contributed by atoms with E-state index >= 15 is 0 Å². The first kappa shape index (κ1) is 23.1. The molecule has 3 rings (SSSR count).